The normalized spacial score (nSPS) is 13.7. The van der Waals surface area contributed by atoms with Crippen molar-refractivity contribution in [2.24, 2.45) is 7.05 Å². The number of rotatable bonds is 6. The predicted octanol–water partition coefficient (Wildman–Crippen LogP) is 5.58. The number of aryl methyl sites for hydroxylation is 1. The number of hydrogen-bond acceptors (Lipinski definition) is 5. The Labute approximate surface area is 202 Å². The molecule has 3 heterocycles. The van der Waals surface area contributed by atoms with Crippen LogP contribution in [-0.2, 0) is 7.05 Å². The van der Waals surface area contributed by atoms with Crippen LogP contribution in [0.4, 0.5) is 10.2 Å². The summed E-state index contributed by atoms with van der Waals surface area (Å²) in [5.74, 6) is 1.67. The van der Waals surface area contributed by atoms with Crippen molar-refractivity contribution in [1.82, 2.24) is 24.1 Å². The van der Waals surface area contributed by atoms with Crippen LogP contribution in [0.5, 0.6) is 5.75 Å². The van der Waals surface area contributed by atoms with Crippen molar-refractivity contribution in [3.05, 3.63) is 72.9 Å². The highest BCUT2D eigenvalue weighted by molar-refractivity contribution is 5.99. The summed E-state index contributed by atoms with van der Waals surface area (Å²) in [4.78, 5) is 9.38. The molecule has 0 spiro atoms. The first-order chi connectivity index (χ1) is 17.1. The zero-order valence-electron chi connectivity index (χ0n) is 19.6. The standard InChI is InChI=1S/C27H25FN6O/c1-33-15-14-29-27(33)26-31-25(30-18-10-6-11-18)24-22(17-8-4-3-5-9-17)20(16-34(24)32-26)19-12-7-13-21(35-2)23(19)28/h3-5,7-9,12-16,18H,6,10-11H2,1-2H3,(H,30,31,32). The summed E-state index contributed by atoms with van der Waals surface area (Å²) >= 11 is 0. The molecule has 0 amide bonds. The summed E-state index contributed by atoms with van der Waals surface area (Å²) in [6, 6.07) is 15.5. The maximum Gasteiger partial charge on any atom is 0.218 e. The quantitative estimate of drug-likeness (QED) is 0.353. The second-order valence-electron chi connectivity index (χ2n) is 8.82. The van der Waals surface area contributed by atoms with Crippen LogP contribution in [0.3, 0.4) is 0 Å². The van der Waals surface area contributed by atoms with E-state index in [2.05, 4.69) is 10.3 Å². The molecular weight excluding hydrogens is 443 g/mol. The van der Waals surface area contributed by atoms with Crippen molar-refractivity contribution >= 4 is 11.3 Å². The Morgan fingerprint density at radius 1 is 1.06 bits per heavy atom. The van der Waals surface area contributed by atoms with Gasteiger partial charge in [-0.15, -0.1) is 5.10 Å². The molecule has 176 valence electrons. The van der Waals surface area contributed by atoms with E-state index in [1.54, 1.807) is 28.9 Å². The maximum absolute atomic E-state index is 15.5. The van der Waals surface area contributed by atoms with Gasteiger partial charge in [-0.05, 0) is 30.9 Å². The molecule has 0 radical (unpaired) electrons. The number of fused-ring (bicyclic) bond motifs is 1. The van der Waals surface area contributed by atoms with Gasteiger partial charge in [-0.3, -0.25) is 0 Å². The molecule has 0 atom stereocenters. The number of nitrogens with one attached hydrogen (secondary N) is 1. The molecule has 8 heteroatoms. The molecule has 7 nitrogen and oxygen atoms in total. The van der Waals surface area contributed by atoms with E-state index in [4.69, 9.17) is 14.8 Å². The molecule has 1 N–H and O–H groups in total. The maximum atomic E-state index is 15.5. The van der Waals surface area contributed by atoms with Gasteiger partial charge in [0.25, 0.3) is 0 Å². The van der Waals surface area contributed by atoms with Crippen LogP contribution in [0, 0.1) is 5.82 Å². The summed E-state index contributed by atoms with van der Waals surface area (Å²) < 4.78 is 24.5. The number of nitrogens with zero attached hydrogens (tertiary/aromatic N) is 5. The minimum atomic E-state index is -0.408. The van der Waals surface area contributed by atoms with Crippen LogP contribution in [0.15, 0.2) is 67.1 Å². The second kappa shape index (κ2) is 8.54. The van der Waals surface area contributed by atoms with Crippen LogP contribution in [0.2, 0.25) is 0 Å². The van der Waals surface area contributed by atoms with E-state index in [1.807, 2.05) is 54.3 Å². The first-order valence-corrected chi connectivity index (χ1v) is 11.7. The molecule has 35 heavy (non-hydrogen) atoms. The molecule has 1 aliphatic carbocycles. The highest BCUT2D eigenvalue weighted by atomic mass is 19.1. The number of ether oxygens (including phenoxy) is 1. The topological polar surface area (TPSA) is 69.3 Å². The van der Waals surface area contributed by atoms with E-state index in [-0.39, 0.29) is 5.75 Å². The van der Waals surface area contributed by atoms with Crippen LogP contribution < -0.4 is 10.1 Å². The third-order valence-corrected chi connectivity index (χ3v) is 6.63. The summed E-state index contributed by atoms with van der Waals surface area (Å²) in [6.07, 6.45) is 8.83. The molecule has 6 rings (SSSR count). The summed E-state index contributed by atoms with van der Waals surface area (Å²) in [6.45, 7) is 0. The Hall–Kier alpha value is -4.20. The van der Waals surface area contributed by atoms with Gasteiger partial charge in [0.05, 0.1) is 7.11 Å². The molecule has 1 aliphatic rings. The van der Waals surface area contributed by atoms with Crippen LogP contribution >= 0.6 is 0 Å². The molecular formula is C27H25FN6O. The van der Waals surface area contributed by atoms with Crippen molar-refractivity contribution in [1.29, 1.82) is 0 Å². The minimum absolute atomic E-state index is 0.198. The first kappa shape index (κ1) is 21.3. The van der Waals surface area contributed by atoms with Gasteiger partial charge in [0.15, 0.2) is 23.2 Å². The Balaban J connectivity index is 1.67. The van der Waals surface area contributed by atoms with Gasteiger partial charge in [-0.25, -0.2) is 18.9 Å². The summed E-state index contributed by atoms with van der Waals surface area (Å²) in [5, 5.41) is 8.45. The van der Waals surface area contributed by atoms with E-state index < -0.39 is 5.82 Å². The first-order valence-electron chi connectivity index (χ1n) is 11.7. The van der Waals surface area contributed by atoms with Crippen LogP contribution in [0.25, 0.3) is 39.4 Å². The Morgan fingerprint density at radius 3 is 2.57 bits per heavy atom. The molecule has 0 bridgehead atoms. The lowest BCUT2D eigenvalue weighted by atomic mass is 9.93. The van der Waals surface area contributed by atoms with Crippen molar-refractivity contribution in [2.75, 3.05) is 12.4 Å². The van der Waals surface area contributed by atoms with Gasteiger partial charge in [0.1, 0.15) is 5.52 Å². The average molecular weight is 469 g/mol. The van der Waals surface area contributed by atoms with E-state index >= 15 is 4.39 Å². The third kappa shape index (κ3) is 3.62. The zero-order chi connectivity index (χ0) is 23.9. The minimum Gasteiger partial charge on any atom is -0.494 e. The molecule has 0 aliphatic heterocycles. The van der Waals surface area contributed by atoms with Crippen molar-refractivity contribution in [2.45, 2.75) is 25.3 Å². The molecule has 1 fully saturated rings. The van der Waals surface area contributed by atoms with Crippen molar-refractivity contribution in [3.8, 4) is 39.7 Å². The number of halogens is 1. The number of methoxy groups -OCH3 is 1. The van der Waals surface area contributed by atoms with Gasteiger partial charge >= 0.3 is 0 Å². The fraction of sp³-hybridized carbons (Fsp3) is 0.222. The Kier molecular flexibility index (Phi) is 5.21. The van der Waals surface area contributed by atoms with Gasteiger partial charge in [0.2, 0.25) is 5.82 Å². The summed E-state index contributed by atoms with van der Waals surface area (Å²) in [5.41, 5.74) is 3.79. The van der Waals surface area contributed by atoms with Crippen LogP contribution in [0.1, 0.15) is 19.3 Å². The number of aromatic nitrogens is 5. The second-order valence-corrected chi connectivity index (χ2v) is 8.82. The van der Waals surface area contributed by atoms with Gasteiger partial charge in [-0.2, -0.15) is 0 Å². The largest absolute Gasteiger partial charge is 0.494 e. The molecule has 0 unspecified atom stereocenters. The van der Waals surface area contributed by atoms with Crippen molar-refractivity contribution < 1.29 is 9.13 Å². The highest BCUT2D eigenvalue weighted by Crippen LogP contribution is 2.42. The lowest BCUT2D eigenvalue weighted by molar-refractivity contribution is 0.387. The number of imidazole rings is 1. The van der Waals surface area contributed by atoms with Crippen LogP contribution in [-0.4, -0.2) is 37.3 Å². The molecule has 0 saturated heterocycles. The molecule has 2 aromatic carbocycles. The molecule has 1 saturated carbocycles. The summed E-state index contributed by atoms with van der Waals surface area (Å²) in [7, 11) is 3.39. The Morgan fingerprint density at radius 2 is 1.89 bits per heavy atom. The lowest BCUT2D eigenvalue weighted by Crippen LogP contribution is -2.28. The van der Waals surface area contributed by atoms with E-state index in [0.717, 1.165) is 40.9 Å². The fourth-order valence-corrected chi connectivity index (χ4v) is 4.58. The predicted molar refractivity (Wildman–Crippen MR) is 134 cm³/mol. The Bertz CT molecular complexity index is 1520. The van der Waals surface area contributed by atoms with E-state index in [0.29, 0.717) is 23.3 Å². The smallest absolute Gasteiger partial charge is 0.218 e. The van der Waals surface area contributed by atoms with Gasteiger partial charge < -0.3 is 14.6 Å². The van der Waals surface area contributed by atoms with Crippen molar-refractivity contribution in [3.63, 3.8) is 0 Å². The van der Waals surface area contributed by atoms with E-state index in [1.165, 1.54) is 13.5 Å². The number of anilines is 1. The number of benzene rings is 2. The third-order valence-electron chi connectivity index (χ3n) is 6.63. The molecule has 3 aromatic heterocycles. The number of hydrogen-bond donors (Lipinski definition) is 1. The monoisotopic (exact) mass is 468 g/mol. The van der Waals surface area contributed by atoms with Gasteiger partial charge in [-0.1, -0.05) is 42.5 Å². The van der Waals surface area contributed by atoms with Gasteiger partial charge in [0, 0.05) is 48.4 Å². The average Bonchev–Trinajstić information content (AvgIpc) is 3.45. The fourth-order valence-electron chi connectivity index (χ4n) is 4.58. The molecule has 5 aromatic rings. The highest BCUT2D eigenvalue weighted by Gasteiger charge is 2.26. The zero-order valence-corrected chi connectivity index (χ0v) is 19.6. The lowest BCUT2D eigenvalue weighted by Gasteiger charge is -2.27. The van der Waals surface area contributed by atoms with E-state index in [9.17, 15) is 0 Å². The SMILES string of the molecule is COc1cccc(-c2cn3nc(-c4nccn4C)nc(NC4CCC4)c3c2-c2ccccc2)c1F.